The lowest BCUT2D eigenvalue weighted by Crippen LogP contribution is -2.65. The Morgan fingerprint density at radius 3 is 2.43 bits per heavy atom. The molecule has 0 radical (unpaired) electrons. The molecular formula is C30H34FN2O2+. The topological polar surface area (TPSA) is 29.5 Å². The number of carbonyl (C=O) groups is 1. The molecule has 0 saturated carbocycles. The lowest BCUT2D eigenvalue weighted by atomic mass is 9.83. The molecule has 3 aliphatic rings. The summed E-state index contributed by atoms with van der Waals surface area (Å²) in [6.07, 6.45) is 2.87. The summed E-state index contributed by atoms with van der Waals surface area (Å²) < 4.78 is 20.7. The summed E-state index contributed by atoms with van der Waals surface area (Å²) in [5.74, 6) is 0.149. The summed E-state index contributed by atoms with van der Waals surface area (Å²) in [7, 11) is 0. The van der Waals surface area contributed by atoms with E-state index in [1.165, 1.54) is 30.8 Å². The number of benzene rings is 3. The molecule has 0 N–H and O–H groups in total. The number of carbonyl (C=O) groups excluding carboxylic acids is 1. The Morgan fingerprint density at radius 2 is 1.71 bits per heavy atom. The minimum absolute atomic E-state index is 0.0682. The first kappa shape index (κ1) is 23.6. The Morgan fingerprint density at radius 1 is 0.971 bits per heavy atom. The summed E-state index contributed by atoms with van der Waals surface area (Å²) in [6.45, 7) is 6.67. The van der Waals surface area contributed by atoms with Crippen molar-refractivity contribution in [2.45, 2.75) is 38.8 Å². The molecule has 1 atom stereocenters. The van der Waals surface area contributed by atoms with Gasteiger partial charge in [-0.3, -0.25) is 4.90 Å². The highest BCUT2D eigenvalue weighted by molar-refractivity contribution is 5.87. The van der Waals surface area contributed by atoms with Gasteiger partial charge in [-0.05, 0) is 47.9 Å². The fourth-order valence-corrected chi connectivity index (χ4v) is 5.70. The van der Waals surface area contributed by atoms with Gasteiger partial charge in [0.05, 0.1) is 26.2 Å². The molecular weight excluding hydrogens is 439 g/mol. The standard InChI is InChI=1S/C30H34FN2O2/c1-23-6-5-9-28(20-23)32(21-25-10-12-27(31)13-11-25)30(34)35-29-22-33(18-15-26(29)16-19-33)17-14-24-7-3-2-4-8-24/h2-13,20,26,29H,14-19,21-22H2,1H3/q+1. The van der Waals surface area contributed by atoms with Gasteiger partial charge in [-0.2, -0.15) is 0 Å². The van der Waals surface area contributed by atoms with Gasteiger partial charge < -0.3 is 9.22 Å². The smallest absolute Gasteiger partial charge is 0.415 e. The fraction of sp³-hybridized carbons (Fsp3) is 0.367. The van der Waals surface area contributed by atoms with Crippen LogP contribution in [0, 0.1) is 18.7 Å². The van der Waals surface area contributed by atoms with E-state index in [0.717, 1.165) is 53.6 Å². The van der Waals surface area contributed by atoms with Gasteiger partial charge in [0, 0.05) is 30.9 Å². The van der Waals surface area contributed by atoms with E-state index < -0.39 is 0 Å². The van der Waals surface area contributed by atoms with Gasteiger partial charge in [-0.25, -0.2) is 9.18 Å². The molecule has 3 aromatic rings. The number of rotatable bonds is 7. The molecule has 3 saturated heterocycles. The third-order valence-corrected chi connectivity index (χ3v) is 7.80. The second-order valence-electron chi connectivity index (χ2n) is 10.2. The zero-order chi connectivity index (χ0) is 24.3. The van der Waals surface area contributed by atoms with Crippen LogP contribution < -0.4 is 4.90 Å². The number of ether oxygens (including phenoxy) is 1. The largest absolute Gasteiger partial charge is 0.440 e. The maximum absolute atomic E-state index is 13.6. The molecule has 6 rings (SSSR count). The molecule has 4 nitrogen and oxygen atoms in total. The molecule has 1 amide bonds. The van der Waals surface area contributed by atoms with Crippen molar-refractivity contribution in [3.63, 3.8) is 0 Å². The van der Waals surface area contributed by atoms with Gasteiger partial charge >= 0.3 is 6.09 Å². The summed E-state index contributed by atoms with van der Waals surface area (Å²) in [6, 6.07) is 24.9. The summed E-state index contributed by atoms with van der Waals surface area (Å²) >= 11 is 0. The molecule has 3 fully saturated rings. The number of nitrogens with zero attached hydrogens (tertiary/aromatic N) is 2. The van der Waals surface area contributed by atoms with Gasteiger partial charge in [0.25, 0.3) is 0 Å². The number of fused-ring (bicyclic) bond motifs is 3. The number of piperidine rings is 3. The molecule has 3 heterocycles. The van der Waals surface area contributed by atoms with Crippen molar-refractivity contribution in [2.24, 2.45) is 5.92 Å². The Bertz CT molecular complexity index is 1140. The minimum Gasteiger partial charge on any atom is -0.440 e. The Kier molecular flexibility index (Phi) is 6.87. The van der Waals surface area contributed by atoms with Crippen LogP contribution in [0.25, 0.3) is 0 Å². The van der Waals surface area contributed by atoms with E-state index in [2.05, 4.69) is 30.3 Å². The molecule has 3 aliphatic heterocycles. The van der Waals surface area contributed by atoms with Crippen LogP contribution in [0.4, 0.5) is 14.9 Å². The van der Waals surface area contributed by atoms with Crippen molar-refractivity contribution in [1.82, 2.24) is 0 Å². The zero-order valence-corrected chi connectivity index (χ0v) is 20.4. The zero-order valence-electron chi connectivity index (χ0n) is 20.4. The highest BCUT2D eigenvalue weighted by Crippen LogP contribution is 2.36. The van der Waals surface area contributed by atoms with E-state index in [1.54, 1.807) is 17.0 Å². The fourth-order valence-electron chi connectivity index (χ4n) is 5.70. The van der Waals surface area contributed by atoms with Crippen molar-refractivity contribution in [2.75, 3.05) is 31.1 Å². The van der Waals surface area contributed by atoms with Crippen LogP contribution in [0.5, 0.6) is 0 Å². The van der Waals surface area contributed by atoms with Crippen LogP contribution in [0.1, 0.15) is 29.5 Å². The monoisotopic (exact) mass is 473 g/mol. The van der Waals surface area contributed by atoms with Gasteiger partial charge in [-0.15, -0.1) is 0 Å². The maximum Gasteiger partial charge on any atom is 0.415 e. The predicted molar refractivity (Wildman–Crippen MR) is 137 cm³/mol. The summed E-state index contributed by atoms with van der Waals surface area (Å²) in [5, 5.41) is 0. The molecule has 0 aromatic heterocycles. The first-order valence-electron chi connectivity index (χ1n) is 12.7. The molecule has 0 spiro atoms. The Hall–Kier alpha value is -3.18. The predicted octanol–water partition coefficient (Wildman–Crippen LogP) is 6.13. The van der Waals surface area contributed by atoms with Crippen molar-refractivity contribution in [1.29, 1.82) is 0 Å². The van der Waals surface area contributed by atoms with E-state index in [0.29, 0.717) is 12.5 Å². The van der Waals surface area contributed by atoms with Crippen molar-refractivity contribution < 1.29 is 18.4 Å². The summed E-state index contributed by atoms with van der Waals surface area (Å²) in [4.78, 5) is 15.3. The van der Waals surface area contributed by atoms with Crippen LogP contribution in [0.3, 0.4) is 0 Å². The van der Waals surface area contributed by atoms with Gasteiger partial charge in [0.2, 0.25) is 0 Å². The molecule has 3 aromatic carbocycles. The van der Waals surface area contributed by atoms with Crippen LogP contribution >= 0.6 is 0 Å². The highest BCUT2D eigenvalue weighted by atomic mass is 19.1. The maximum atomic E-state index is 13.6. The number of quaternary nitrogens is 1. The minimum atomic E-state index is -0.320. The second-order valence-corrected chi connectivity index (χ2v) is 10.2. The Labute approximate surface area is 207 Å². The molecule has 182 valence electrons. The first-order chi connectivity index (χ1) is 17.0. The number of hydrogen-bond donors (Lipinski definition) is 0. The highest BCUT2D eigenvalue weighted by Gasteiger charge is 2.47. The lowest BCUT2D eigenvalue weighted by Gasteiger charge is -2.52. The van der Waals surface area contributed by atoms with Crippen molar-refractivity contribution >= 4 is 11.8 Å². The van der Waals surface area contributed by atoms with Crippen LogP contribution in [-0.2, 0) is 17.7 Å². The van der Waals surface area contributed by atoms with Crippen molar-refractivity contribution in [3.05, 3.63) is 101 Å². The van der Waals surface area contributed by atoms with Gasteiger partial charge in [0.15, 0.2) is 6.10 Å². The number of amides is 1. The molecule has 35 heavy (non-hydrogen) atoms. The van der Waals surface area contributed by atoms with E-state index in [4.69, 9.17) is 4.74 Å². The number of halogens is 1. The van der Waals surface area contributed by atoms with E-state index in [9.17, 15) is 9.18 Å². The van der Waals surface area contributed by atoms with Crippen LogP contribution in [0.15, 0.2) is 78.9 Å². The first-order valence-corrected chi connectivity index (χ1v) is 12.7. The third-order valence-electron chi connectivity index (χ3n) is 7.80. The van der Waals surface area contributed by atoms with Crippen LogP contribution in [-0.4, -0.2) is 42.9 Å². The van der Waals surface area contributed by atoms with E-state index in [-0.39, 0.29) is 18.0 Å². The quantitative estimate of drug-likeness (QED) is 0.387. The number of aryl methyl sites for hydroxylation is 1. The molecule has 1 unspecified atom stereocenters. The average molecular weight is 474 g/mol. The number of hydrogen-bond acceptors (Lipinski definition) is 2. The van der Waals surface area contributed by atoms with Gasteiger partial charge in [-0.1, -0.05) is 54.6 Å². The summed E-state index contributed by atoms with van der Waals surface area (Å²) in [5.41, 5.74) is 4.11. The molecule has 0 aliphatic carbocycles. The van der Waals surface area contributed by atoms with Crippen LogP contribution in [0.2, 0.25) is 0 Å². The lowest BCUT2D eigenvalue weighted by molar-refractivity contribution is -0.945. The Balaban J connectivity index is 1.31. The second kappa shape index (κ2) is 10.2. The third kappa shape index (κ3) is 5.57. The molecule has 2 bridgehead atoms. The normalized spacial score (nSPS) is 23.1. The van der Waals surface area contributed by atoms with Gasteiger partial charge in [0.1, 0.15) is 12.4 Å². The average Bonchev–Trinajstić information content (AvgIpc) is 2.88. The van der Waals surface area contributed by atoms with E-state index in [1.807, 2.05) is 31.2 Å². The molecule has 5 heteroatoms. The SMILES string of the molecule is Cc1cccc(N(Cc2ccc(F)cc2)C(=O)OC2C[N+]3(CCc4ccccc4)CCC2CC3)c1. The van der Waals surface area contributed by atoms with Crippen molar-refractivity contribution in [3.8, 4) is 0 Å². The number of anilines is 1. The van der Waals surface area contributed by atoms with E-state index >= 15 is 0 Å².